The summed E-state index contributed by atoms with van der Waals surface area (Å²) < 4.78 is 0. The maximum atomic E-state index is 11.4. The molecule has 0 unspecified atom stereocenters. The van der Waals surface area contributed by atoms with Crippen LogP contribution in [-0.2, 0) is 4.79 Å². The lowest BCUT2D eigenvalue weighted by Crippen LogP contribution is -2.65. The molecule has 0 aromatic carbocycles. The second kappa shape index (κ2) is 3.76. The van der Waals surface area contributed by atoms with E-state index in [0.717, 1.165) is 12.8 Å². The highest BCUT2D eigenvalue weighted by atomic mass is 16.3. The first kappa shape index (κ1) is 10.9. The van der Waals surface area contributed by atoms with Crippen molar-refractivity contribution < 1.29 is 9.90 Å². The molecule has 86 valence electrons. The molecule has 1 saturated heterocycles. The summed E-state index contributed by atoms with van der Waals surface area (Å²) in [4.78, 5) is 13.4. The standard InChI is InChI=1S/C11H20N2O2/c1-8(2)11(15)6-13(7-11)5-10(14)12-9-3-4-9/h8-9,15H,3-7H2,1-2H3,(H,12,14). The smallest absolute Gasteiger partial charge is 0.234 e. The average Bonchev–Trinajstić information content (AvgIpc) is 2.84. The largest absolute Gasteiger partial charge is 0.387 e. The Bertz CT molecular complexity index is 255. The number of hydrogen-bond donors (Lipinski definition) is 2. The summed E-state index contributed by atoms with van der Waals surface area (Å²) in [5.74, 6) is 0.364. The number of aliphatic hydroxyl groups is 1. The van der Waals surface area contributed by atoms with Gasteiger partial charge in [0.2, 0.25) is 5.91 Å². The van der Waals surface area contributed by atoms with Gasteiger partial charge in [-0.05, 0) is 18.8 Å². The van der Waals surface area contributed by atoms with E-state index in [4.69, 9.17) is 0 Å². The van der Waals surface area contributed by atoms with Crippen molar-refractivity contribution in [1.82, 2.24) is 10.2 Å². The van der Waals surface area contributed by atoms with Crippen LogP contribution < -0.4 is 5.32 Å². The molecule has 15 heavy (non-hydrogen) atoms. The van der Waals surface area contributed by atoms with Gasteiger partial charge in [-0.3, -0.25) is 9.69 Å². The van der Waals surface area contributed by atoms with Gasteiger partial charge in [-0.2, -0.15) is 0 Å². The van der Waals surface area contributed by atoms with Crippen LogP contribution in [-0.4, -0.2) is 47.2 Å². The monoisotopic (exact) mass is 212 g/mol. The molecule has 2 aliphatic rings. The van der Waals surface area contributed by atoms with Crippen molar-refractivity contribution in [2.45, 2.75) is 38.3 Å². The minimum absolute atomic E-state index is 0.100. The summed E-state index contributed by atoms with van der Waals surface area (Å²) in [6, 6.07) is 0.433. The SMILES string of the molecule is CC(C)C1(O)CN(CC(=O)NC2CC2)C1. The van der Waals surface area contributed by atoms with E-state index < -0.39 is 5.60 Å². The van der Waals surface area contributed by atoms with E-state index in [9.17, 15) is 9.90 Å². The molecular weight excluding hydrogens is 192 g/mol. The van der Waals surface area contributed by atoms with Crippen molar-refractivity contribution in [3.63, 3.8) is 0 Å². The van der Waals surface area contributed by atoms with Gasteiger partial charge >= 0.3 is 0 Å². The third-order valence-corrected chi connectivity index (χ3v) is 3.38. The predicted octanol–water partition coefficient (Wildman–Crippen LogP) is -0.0323. The minimum Gasteiger partial charge on any atom is -0.387 e. The first-order valence-corrected chi connectivity index (χ1v) is 5.74. The van der Waals surface area contributed by atoms with Gasteiger partial charge in [-0.1, -0.05) is 13.8 Å². The minimum atomic E-state index is -0.570. The van der Waals surface area contributed by atoms with Crippen LogP contribution in [0.3, 0.4) is 0 Å². The van der Waals surface area contributed by atoms with E-state index >= 15 is 0 Å². The van der Waals surface area contributed by atoms with Crippen molar-refractivity contribution in [1.29, 1.82) is 0 Å². The molecule has 2 rings (SSSR count). The molecule has 0 aromatic rings. The van der Waals surface area contributed by atoms with E-state index in [1.165, 1.54) is 0 Å². The molecule has 0 bridgehead atoms. The van der Waals surface area contributed by atoms with Gasteiger partial charge in [0, 0.05) is 19.1 Å². The van der Waals surface area contributed by atoms with Gasteiger partial charge in [0.15, 0.2) is 0 Å². The molecule has 4 nitrogen and oxygen atoms in total. The topological polar surface area (TPSA) is 52.6 Å². The number of amides is 1. The number of hydrogen-bond acceptors (Lipinski definition) is 3. The van der Waals surface area contributed by atoms with Crippen LogP contribution in [0.25, 0.3) is 0 Å². The summed E-state index contributed by atoms with van der Waals surface area (Å²) in [5.41, 5.74) is -0.570. The van der Waals surface area contributed by atoms with Gasteiger partial charge in [0.05, 0.1) is 12.1 Å². The zero-order chi connectivity index (χ0) is 11.1. The molecular formula is C11H20N2O2. The molecule has 2 N–H and O–H groups in total. The molecule has 4 heteroatoms. The van der Waals surface area contributed by atoms with E-state index in [-0.39, 0.29) is 11.8 Å². The van der Waals surface area contributed by atoms with Crippen LogP contribution in [0.5, 0.6) is 0 Å². The fourth-order valence-electron chi connectivity index (χ4n) is 1.91. The summed E-state index contributed by atoms with van der Waals surface area (Å²) in [7, 11) is 0. The number of β-amino-alcohol motifs (C(OH)–C–C–N with tert-alkyl or cyclic N) is 1. The van der Waals surface area contributed by atoms with Crippen molar-refractivity contribution >= 4 is 5.91 Å². The van der Waals surface area contributed by atoms with Gasteiger partial charge in [0.25, 0.3) is 0 Å². The first-order valence-electron chi connectivity index (χ1n) is 5.74. The summed E-state index contributed by atoms with van der Waals surface area (Å²) in [5, 5.41) is 12.9. The van der Waals surface area contributed by atoms with Crippen LogP contribution in [0.1, 0.15) is 26.7 Å². The van der Waals surface area contributed by atoms with Crippen molar-refractivity contribution in [3.05, 3.63) is 0 Å². The Morgan fingerprint density at radius 3 is 2.60 bits per heavy atom. The Hall–Kier alpha value is -0.610. The Morgan fingerprint density at radius 1 is 1.53 bits per heavy atom. The highest BCUT2D eigenvalue weighted by Gasteiger charge is 2.44. The van der Waals surface area contributed by atoms with Crippen molar-refractivity contribution in [2.75, 3.05) is 19.6 Å². The van der Waals surface area contributed by atoms with Crippen LogP contribution in [0.2, 0.25) is 0 Å². The average molecular weight is 212 g/mol. The molecule has 2 fully saturated rings. The van der Waals surface area contributed by atoms with Gasteiger partial charge in [0.1, 0.15) is 0 Å². The zero-order valence-corrected chi connectivity index (χ0v) is 9.49. The second-order valence-corrected chi connectivity index (χ2v) is 5.25. The predicted molar refractivity (Wildman–Crippen MR) is 57.4 cm³/mol. The molecule has 1 aliphatic carbocycles. The molecule has 0 atom stereocenters. The number of nitrogens with zero attached hydrogens (tertiary/aromatic N) is 1. The molecule has 0 aromatic heterocycles. The summed E-state index contributed by atoms with van der Waals surface area (Å²) in [6.07, 6.45) is 2.25. The van der Waals surface area contributed by atoms with E-state index in [2.05, 4.69) is 5.32 Å². The van der Waals surface area contributed by atoms with E-state index in [1.807, 2.05) is 18.7 Å². The number of rotatable bonds is 4. The van der Waals surface area contributed by atoms with Crippen LogP contribution in [0, 0.1) is 5.92 Å². The van der Waals surface area contributed by atoms with Crippen LogP contribution in [0.4, 0.5) is 0 Å². The molecule has 0 spiro atoms. The number of nitrogens with one attached hydrogen (secondary N) is 1. The lowest BCUT2D eigenvalue weighted by atomic mass is 9.83. The second-order valence-electron chi connectivity index (χ2n) is 5.25. The highest BCUT2D eigenvalue weighted by molar-refractivity contribution is 5.78. The summed E-state index contributed by atoms with van der Waals surface area (Å²) >= 11 is 0. The third kappa shape index (κ3) is 2.49. The number of carbonyl (C=O) groups excluding carboxylic acids is 1. The van der Waals surface area contributed by atoms with E-state index in [1.54, 1.807) is 0 Å². The van der Waals surface area contributed by atoms with Gasteiger partial charge in [-0.25, -0.2) is 0 Å². The van der Waals surface area contributed by atoms with Crippen molar-refractivity contribution in [2.24, 2.45) is 5.92 Å². The van der Waals surface area contributed by atoms with Crippen LogP contribution >= 0.6 is 0 Å². The summed E-state index contributed by atoms with van der Waals surface area (Å²) in [6.45, 7) is 5.72. The lowest BCUT2D eigenvalue weighted by Gasteiger charge is -2.48. The molecule has 0 radical (unpaired) electrons. The Morgan fingerprint density at radius 2 is 2.13 bits per heavy atom. The molecule has 1 aliphatic heterocycles. The van der Waals surface area contributed by atoms with Crippen molar-refractivity contribution in [3.8, 4) is 0 Å². The molecule has 1 heterocycles. The Labute approximate surface area is 90.6 Å². The Balaban J connectivity index is 1.68. The van der Waals surface area contributed by atoms with Gasteiger partial charge < -0.3 is 10.4 Å². The molecule has 1 amide bonds. The fraction of sp³-hybridized carbons (Fsp3) is 0.909. The van der Waals surface area contributed by atoms with Crippen LogP contribution in [0.15, 0.2) is 0 Å². The number of likely N-dealkylation sites (tertiary alicyclic amines) is 1. The quantitative estimate of drug-likeness (QED) is 0.688. The third-order valence-electron chi connectivity index (χ3n) is 3.38. The zero-order valence-electron chi connectivity index (χ0n) is 9.49. The maximum absolute atomic E-state index is 11.4. The Kier molecular flexibility index (Phi) is 2.73. The van der Waals surface area contributed by atoms with Gasteiger partial charge in [-0.15, -0.1) is 0 Å². The lowest BCUT2D eigenvalue weighted by molar-refractivity contribution is -0.142. The van der Waals surface area contributed by atoms with E-state index in [0.29, 0.717) is 25.7 Å². The molecule has 1 saturated carbocycles. The number of carbonyl (C=O) groups is 1. The maximum Gasteiger partial charge on any atom is 0.234 e. The normalized spacial score (nSPS) is 25.1. The first-order chi connectivity index (χ1) is 6.99. The highest BCUT2D eigenvalue weighted by Crippen LogP contribution is 2.28. The fourth-order valence-corrected chi connectivity index (χ4v) is 1.91.